The van der Waals surface area contributed by atoms with Crippen LogP contribution in [0.1, 0.15) is 36.3 Å². The van der Waals surface area contributed by atoms with E-state index in [-0.39, 0.29) is 0 Å². The van der Waals surface area contributed by atoms with Crippen LogP contribution in [-0.2, 0) is 12.8 Å². The highest BCUT2D eigenvalue weighted by Gasteiger charge is 2.29. The van der Waals surface area contributed by atoms with Gasteiger partial charge in [0.1, 0.15) is 5.82 Å². The van der Waals surface area contributed by atoms with Crippen LogP contribution in [0.2, 0.25) is 0 Å². The average Bonchev–Trinajstić information content (AvgIpc) is 2.97. The van der Waals surface area contributed by atoms with Crippen LogP contribution in [0.3, 0.4) is 0 Å². The number of aromatic nitrogens is 5. The number of hydrogen-bond acceptors (Lipinski definition) is 6. The Labute approximate surface area is 103 Å². The molecule has 1 aliphatic rings. The lowest BCUT2D eigenvalue weighted by Gasteiger charge is -2.00. The van der Waals surface area contributed by atoms with Crippen molar-refractivity contribution in [2.75, 3.05) is 0 Å². The molecule has 0 saturated heterocycles. The molecule has 0 atom stereocenters. The van der Waals surface area contributed by atoms with Crippen molar-refractivity contribution in [3.8, 4) is 0 Å². The lowest BCUT2D eigenvalue weighted by molar-refractivity contribution is 0.389. The van der Waals surface area contributed by atoms with Crippen LogP contribution in [-0.4, -0.2) is 24.9 Å². The summed E-state index contributed by atoms with van der Waals surface area (Å²) in [4.78, 5) is 4.15. The molecule has 0 bridgehead atoms. The molecule has 1 fully saturated rings. The Morgan fingerprint density at radius 3 is 2.88 bits per heavy atom. The average molecular weight is 251 g/mol. The minimum absolute atomic E-state index is 0.595. The van der Waals surface area contributed by atoms with E-state index in [9.17, 15) is 0 Å². The zero-order chi connectivity index (χ0) is 11.8. The zero-order valence-electron chi connectivity index (χ0n) is 9.75. The number of nitrogens with zero attached hydrogens (tertiary/aromatic N) is 5. The van der Waals surface area contributed by atoms with Crippen molar-refractivity contribution in [1.82, 2.24) is 24.9 Å². The van der Waals surface area contributed by atoms with Crippen molar-refractivity contribution in [3.63, 3.8) is 0 Å². The summed E-state index contributed by atoms with van der Waals surface area (Å²) in [5, 5.41) is 13.2. The third-order valence-corrected chi connectivity index (χ3v) is 3.73. The first kappa shape index (κ1) is 10.8. The summed E-state index contributed by atoms with van der Waals surface area (Å²) < 4.78 is 6.98. The van der Waals surface area contributed by atoms with Crippen molar-refractivity contribution in [3.05, 3.63) is 17.5 Å². The minimum Gasteiger partial charge on any atom is -0.340 e. The van der Waals surface area contributed by atoms with Gasteiger partial charge in [-0.15, -0.1) is 10.2 Å². The van der Waals surface area contributed by atoms with Crippen molar-refractivity contribution in [2.45, 2.75) is 36.6 Å². The van der Waals surface area contributed by atoms with Gasteiger partial charge in [0, 0.05) is 19.9 Å². The Morgan fingerprint density at radius 1 is 1.41 bits per heavy atom. The van der Waals surface area contributed by atoms with Crippen LogP contribution in [0.5, 0.6) is 0 Å². The first-order valence-electron chi connectivity index (χ1n) is 5.55. The van der Waals surface area contributed by atoms with Crippen LogP contribution in [0.4, 0.5) is 0 Å². The van der Waals surface area contributed by atoms with Crippen molar-refractivity contribution < 1.29 is 4.52 Å². The standard InChI is InChI=1S/C10H13N5OS/c1-6-11-8(14-16-6)5-17-10-13-12-9(15(10)2)7-3-4-7/h7H,3-5H2,1-2H3. The molecule has 2 aromatic rings. The summed E-state index contributed by atoms with van der Waals surface area (Å²) in [6.45, 7) is 1.79. The lowest BCUT2D eigenvalue weighted by Crippen LogP contribution is -1.97. The first-order valence-corrected chi connectivity index (χ1v) is 6.54. The van der Waals surface area contributed by atoms with Gasteiger partial charge in [0.05, 0.1) is 5.75 Å². The number of hydrogen-bond donors (Lipinski definition) is 0. The summed E-state index contributed by atoms with van der Waals surface area (Å²) in [6, 6.07) is 0. The predicted octanol–water partition coefficient (Wildman–Crippen LogP) is 1.68. The number of rotatable bonds is 4. The smallest absolute Gasteiger partial charge is 0.223 e. The number of thioether (sulfide) groups is 1. The van der Waals surface area contributed by atoms with Gasteiger partial charge < -0.3 is 9.09 Å². The molecule has 17 heavy (non-hydrogen) atoms. The molecule has 1 saturated carbocycles. The van der Waals surface area contributed by atoms with Gasteiger partial charge in [-0.25, -0.2) is 0 Å². The highest BCUT2D eigenvalue weighted by Crippen LogP contribution is 2.39. The van der Waals surface area contributed by atoms with Gasteiger partial charge in [-0.2, -0.15) is 4.98 Å². The summed E-state index contributed by atoms with van der Waals surface area (Å²) in [7, 11) is 2.01. The van der Waals surface area contributed by atoms with Gasteiger partial charge in [-0.05, 0) is 12.8 Å². The van der Waals surface area contributed by atoms with Crippen LogP contribution in [0, 0.1) is 6.92 Å². The van der Waals surface area contributed by atoms with Crippen molar-refractivity contribution >= 4 is 11.8 Å². The summed E-state index contributed by atoms with van der Waals surface area (Å²) >= 11 is 1.58. The summed E-state index contributed by atoms with van der Waals surface area (Å²) in [5.74, 6) is 3.67. The van der Waals surface area contributed by atoms with Gasteiger partial charge in [0.15, 0.2) is 11.0 Å². The molecular formula is C10H13N5OS. The Kier molecular flexibility index (Phi) is 2.62. The van der Waals surface area contributed by atoms with Gasteiger partial charge >= 0.3 is 0 Å². The van der Waals surface area contributed by atoms with E-state index in [1.807, 2.05) is 7.05 Å². The van der Waals surface area contributed by atoms with E-state index in [4.69, 9.17) is 4.52 Å². The summed E-state index contributed by atoms with van der Waals surface area (Å²) in [6.07, 6.45) is 2.47. The van der Waals surface area contributed by atoms with Crippen molar-refractivity contribution in [1.29, 1.82) is 0 Å². The summed E-state index contributed by atoms with van der Waals surface area (Å²) in [5.41, 5.74) is 0. The van der Waals surface area contributed by atoms with E-state index in [1.54, 1.807) is 18.7 Å². The molecule has 6 nitrogen and oxygen atoms in total. The minimum atomic E-state index is 0.595. The molecule has 2 heterocycles. The molecule has 0 radical (unpaired) electrons. The zero-order valence-corrected chi connectivity index (χ0v) is 10.6. The normalized spacial score (nSPS) is 15.4. The highest BCUT2D eigenvalue weighted by molar-refractivity contribution is 7.98. The van der Waals surface area contributed by atoms with Gasteiger partial charge in [0.2, 0.25) is 5.89 Å². The second-order valence-corrected chi connectivity index (χ2v) is 5.13. The second kappa shape index (κ2) is 4.14. The van der Waals surface area contributed by atoms with Crippen LogP contribution >= 0.6 is 11.8 Å². The van der Waals surface area contributed by atoms with Crippen LogP contribution < -0.4 is 0 Å². The second-order valence-electron chi connectivity index (χ2n) is 4.19. The fourth-order valence-corrected chi connectivity index (χ4v) is 2.44. The monoisotopic (exact) mass is 251 g/mol. The molecule has 0 aliphatic heterocycles. The Balaban J connectivity index is 1.68. The van der Waals surface area contributed by atoms with Crippen LogP contribution in [0.15, 0.2) is 9.68 Å². The molecule has 0 spiro atoms. The lowest BCUT2D eigenvalue weighted by atomic mass is 10.4. The van der Waals surface area contributed by atoms with E-state index < -0.39 is 0 Å². The quantitative estimate of drug-likeness (QED) is 0.770. The topological polar surface area (TPSA) is 69.6 Å². The van der Waals surface area contributed by atoms with Crippen LogP contribution in [0.25, 0.3) is 0 Å². The largest absolute Gasteiger partial charge is 0.340 e. The molecule has 7 heteroatoms. The Hall–Kier alpha value is -1.37. The third kappa shape index (κ3) is 2.19. The van der Waals surface area contributed by atoms with Gasteiger partial charge in [0.25, 0.3) is 0 Å². The van der Waals surface area contributed by atoms with Gasteiger partial charge in [-0.3, -0.25) is 0 Å². The molecule has 0 amide bonds. The van der Waals surface area contributed by atoms with E-state index in [0.29, 0.717) is 23.4 Å². The van der Waals surface area contributed by atoms with E-state index in [0.717, 1.165) is 11.0 Å². The van der Waals surface area contributed by atoms with E-state index in [1.165, 1.54) is 12.8 Å². The van der Waals surface area contributed by atoms with Gasteiger partial charge in [-0.1, -0.05) is 16.9 Å². The molecule has 3 rings (SSSR count). The Bertz CT molecular complexity index is 531. The fraction of sp³-hybridized carbons (Fsp3) is 0.600. The number of aryl methyl sites for hydroxylation is 1. The molecule has 1 aliphatic carbocycles. The molecule has 90 valence electrons. The molecule has 0 aromatic carbocycles. The SMILES string of the molecule is Cc1nc(CSc2nnc(C3CC3)n2C)no1. The molecule has 2 aromatic heterocycles. The predicted molar refractivity (Wildman–Crippen MR) is 61.6 cm³/mol. The maximum atomic E-state index is 4.92. The molecule has 0 unspecified atom stereocenters. The van der Waals surface area contributed by atoms with E-state index >= 15 is 0 Å². The third-order valence-electron chi connectivity index (χ3n) is 2.71. The Morgan fingerprint density at radius 2 is 2.24 bits per heavy atom. The maximum absolute atomic E-state index is 4.92. The maximum Gasteiger partial charge on any atom is 0.223 e. The molecule has 0 N–H and O–H groups in total. The fourth-order valence-electron chi connectivity index (χ4n) is 1.68. The van der Waals surface area contributed by atoms with E-state index in [2.05, 4.69) is 24.9 Å². The molecular weight excluding hydrogens is 238 g/mol. The highest BCUT2D eigenvalue weighted by atomic mass is 32.2. The first-order chi connectivity index (χ1) is 8.24. The van der Waals surface area contributed by atoms with Crippen molar-refractivity contribution in [2.24, 2.45) is 7.05 Å².